The van der Waals surface area contributed by atoms with Crippen LogP contribution in [0.5, 0.6) is 0 Å². The third-order valence-corrected chi connectivity index (χ3v) is 3.39. The maximum Gasteiger partial charge on any atom is 0.336 e. The zero-order valence-corrected chi connectivity index (χ0v) is 10.3. The van der Waals surface area contributed by atoms with Crippen molar-refractivity contribution in [2.24, 2.45) is 0 Å². The predicted molar refractivity (Wildman–Crippen MR) is 67.9 cm³/mol. The summed E-state index contributed by atoms with van der Waals surface area (Å²) in [5.41, 5.74) is 1.04. The molecule has 17 heavy (non-hydrogen) atoms. The molecule has 2 aromatic rings. The van der Waals surface area contributed by atoms with E-state index in [-0.39, 0.29) is 0 Å². The number of pyridine rings is 1. The van der Waals surface area contributed by atoms with Gasteiger partial charge >= 0.3 is 5.97 Å². The van der Waals surface area contributed by atoms with Crippen molar-refractivity contribution in [2.45, 2.75) is 6.54 Å². The summed E-state index contributed by atoms with van der Waals surface area (Å²) in [6.07, 6.45) is 3.25. The van der Waals surface area contributed by atoms with Gasteiger partial charge in [-0.05, 0) is 12.1 Å². The van der Waals surface area contributed by atoms with Gasteiger partial charge in [-0.25, -0.2) is 4.79 Å². The Morgan fingerprint density at radius 3 is 3.06 bits per heavy atom. The van der Waals surface area contributed by atoms with Crippen molar-refractivity contribution in [1.29, 1.82) is 0 Å². The Bertz CT molecular complexity index is 542. The second kappa shape index (κ2) is 5.16. The highest BCUT2D eigenvalue weighted by atomic mass is 35.5. The number of carboxylic acids is 1. The summed E-state index contributed by atoms with van der Waals surface area (Å²) in [5.74, 6) is -0.910. The SMILES string of the molecule is O=C(O)c1csc(CNc2cnccc2Cl)c1. The molecule has 0 atom stereocenters. The van der Waals surface area contributed by atoms with E-state index in [4.69, 9.17) is 16.7 Å². The van der Waals surface area contributed by atoms with Crippen LogP contribution in [0.25, 0.3) is 0 Å². The lowest BCUT2D eigenvalue weighted by Crippen LogP contribution is -1.99. The molecule has 2 N–H and O–H groups in total. The number of rotatable bonds is 4. The van der Waals surface area contributed by atoms with E-state index in [0.717, 1.165) is 10.6 Å². The molecule has 88 valence electrons. The summed E-state index contributed by atoms with van der Waals surface area (Å²) in [6.45, 7) is 0.531. The summed E-state index contributed by atoms with van der Waals surface area (Å²) in [6, 6.07) is 3.34. The van der Waals surface area contributed by atoms with E-state index in [9.17, 15) is 4.79 Å². The number of nitrogens with one attached hydrogen (secondary N) is 1. The third kappa shape index (κ3) is 2.95. The minimum absolute atomic E-state index is 0.309. The normalized spacial score (nSPS) is 10.2. The molecular formula is C11H9ClN2O2S. The van der Waals surface area contributed by atoms with E-state index < -0.39 is 5.97 Å². The number of carboxylic acid groups (broad SMARTS) is 1. The molecule has 0 saturated carbocycles. The number of thiophene rings is 1. The zero-order chi connectivity index (χ0) is 12.3. The molecule has 0 aromatic carbocycles. The quantitative estimate of drug-likeness (QED) is 0.894. The lowest BCUT2D eigenvalue weighted by atomic mass is 10.3. The van der Waals surface area contributed by atoms with Gasteiger partial charge in [0.1, 0.15) is 0 Å². The van der Waals surface area contributed by atoms with E-state index in [1.165, 1.54) is 11.3 Å². The molecular weight excluding hydrogens is 260 g/mol. The van der Waals surface area contributed by atoms with Gasteiger partial charge in [0.25, 0.3) is 0 Å². The summed E-state index contributed by atoms with van der Waals surface area (Å²) >= 11 is 7.35. The maximum absolute atomic E-state index is 10.7. The molecule has 0 amide bonds. The van der Waals surface area contributed by atoms with Gasteiger partial charge in [0.2, 0.25) is 0 Å². The average molecular weight is 269 g/mol. The number of anilines is 1. The van der Waals surface area contributed by atoms with Gasteiger partial charge in [-0.3, -0.25) is 4.98 Å². The molecule has 0 radical (unpaired) electrons. The van der Waals surface area contributed by atoms with Crippen LogP contribution in [-0.2, 0) is 6.54 Å². The standard InChI is InChI=1S/C11H9ClN2O2S/c12-9-1-2-13-5-10(9)14-4-8-3-7(6-17-8)11(15)16/h1-3,5-6,14H,4H2,(H,15,16). The Balaban J connectivity index is 2.02. The van der Waals surface area contributed by atoms with E-state index in [1.54, 1.807) is 29.9 Å². The molecule has 0 unspecified atom stereocenters. The van der Waals surface area contributed by atoms with Crippen molar-refractivity contribution in [3.05, 3.63) is 45.4 Å². The van der Waals surface area contributed by atoms with Crippen LogP contribution in [0.15, 0.2) is 29.9 Å². The van der Waals surface area contributed by atoms with Crippen molar-refractivity contribution in [1.82, 2.24) is 4.98 Å². The Morgan fingerprint density at radius 2 is 2.41 bits per heavy atom. The van der Waals surface area contributed by atoms with Crippen molar-refractivity contribution in [2.75, 3.05) is 5.32 Å². The molecule has 6 heteroatoms. The lowest BCUT2D eigenvalue weighted by molar-refractivity contribution is 0.0697. The second-order valence-corrected chi connectivity index (χ2v) is 4.72. The van der Waals surface area contributed by atoms with E-state index in [2.05, 4.69) is 10.3 Å². The summed E-state index contributed by atoms with van der Waals surface area (Å²) < 4.78 is 0. The van der Waals surface area contributed by atoms with Gasteiger partial charge in [0.05, 0.1) is 22.5 Å². The fraction of sp³-hybridized carbons (Fsp3) is 0.0909. The summed E-state index contributed by atoms with van der Waals surface area (Å²) in [7, 11) is 0. The minimum atomic E-state index is -0.910. The van der Waals surface area contributed by atoms with Gasteiger partial charge in [0, 0.05) is 23.0 Å². The molecule has 0 aliphatic rings. The predicted octanol–water partition coefficient (Wildman–Crippen LogP) is 3.11. The Labute approximate surface area is 107 Å². The molecule has 0 aliphatic carbocycles. The monoisotopic (exact) mass is 268 g/mol. The summed E-state index contributed by atoms with van der Waals surface area (Å²) in [4.78, 5) is 15.6. The molecule has 0 aliphatic heterocycles. The molecule has 2 aromatic heterocycles. The minimum Gasteiger partial charge on any atom is -0.478 e. The second-order valence-electron chi connectivity index (χ2n) is 3.32. The van der Waals surface area contributed by atoms with Crippen LogP contribution < -0.4 is 5.32 Å². The number of nitrogens with zero attached hydrogens (tertiary/aromatic N) is 1. The molecule has 0 bridgehead atoms. The first-order chi connectivity index (χ1) is 8.16. The third-order valence-electron chi connectivity index (χ3n) is 2.12. The Kier molecular flexibility index (Phi) is 3.61. The number of hydrogen-bond donors (Lipinski definition) is 2. The number of halogens is 1. The first-order valence-electron chi connectivity index (χ1n) is 4.81. The van der Waals surface area contributed by atoms with Crippen LogP contribution in [-0.4, -0.2) is 16.1 Å². The van der Waals surface area contributed by atoms with Crippen LogP contribution in [0.2, 0.25) is 5.02 Å². The van der Waals surface area contributed by atoms with Gasteiger partial charge in [-0.1, -0.05) is 11.6 Å². The Hall–Kier alpha value is -1.59. The highest BCUT2D eigenvalue weighted by Crippen LogP contribution is 2.21. The van der Waals surface area contributed by atoms with Gasteiger partial charge in [0.15, 0.2) is 0 Å². The van der Waals surface area contributed by atoms with Crippen molar-refractivity contribution < 1.29 is 9.90 Å². The van der Waals surface area contributed by atoms with Crippen LogP contribution >= 0.6 is 22.9 Å². The molecule has 0 fully saturated rings. The molecule has 0 spiro atoms. The smallest absolute Gasteiger partial charge is 0.336 e. The Morgan fingerprint density at radius 1 is 1.59 bits per heavy atom. The molecule has 4 nitrogen and oxygen atoms in total. The number of aromatic carboxylic acids is 1. The fourth-order valence-electron chi connectivity index (χ4n) is 1.28. The topological polar surface area (TPSA) is 62.2 Å². The van der Waals surface area contributed by atoms with Crippen molar-refractivity contribution in [3.8, 4) is 0 Å². The van der Waals surface area contributed by atoms with Crippen LogP contribution in [0.3, 0.4) is 0 Å². The van der Waals surface area contributed by atoms with Gasteiger partial charge in [-0.15, -0.1) is 11.3 Å². The highest BCUT2D eigenvalue weighted by Gasteiger charge is 2.06. The number of hydrogen-bond acceptors (Lipinski definition) is 4. The number of aromatic nitrogens is 1. The van der Waals surface area contributed by atoms with E-state index in [0.29, 0.717) is 17.1 Å². The highest BCUT2D eigenvalue weighted by molar-refractivity contribution is 7.10. The van der Waals surface area contributed by atoms with Crippen LogP contribution in [0.1, 0.15) is 15.2 Å². The van der Waals surface area contributed by atoms with E-state index in [1.807, 2.05) is 0 Å². The largest absolute Gasteiger partial charge is 0.478 e. The van der Waals surface area contributed by atoms with E-state index >= 15 is 0 Å². The first-order valence-corrected chi connectivity index (χ1v) is 6.06. The zero-order valence-electron chi connectivity index (χ0n) is 8.68. The maximum atomic E-state index is 10.7. The van der Waals surface area contributed by atoms with Crippen molar-refractivity contribution >= 4 is 34.6 Å². The molecule has 0 saturated heterocycles. The van der Waals surface area contributed by atoms with Gasteiger partial charge in [-0.2, -0.15) is 0 Å². The number of carbonyl (C=O) groups is 1. The van der Waals surface area contributed by atoms with Crippen LogP contribution in [0, 0.1) is 0 Å². The van der Waals surface area contributed by atoms with Crippen molar-refractivity contribution in [3.63, 3.8) is 0 Å². The fourth-order valence-corrected chi connectivity index (χ4v) is 2.25. The van der Waals surface area contributed by atoms with Gasteiger partial charge < -0.3 is 10.4 Å². The molecule has 2 rings (SSSR count). The van der Waals surface area contributed by atoms with Crippen LogP contribution in [0.4, 0.5) is 5.69 Å². The average Bonchev–Trinajstić information content (AvgIpc) is 2.77. The first kappa shape index (κ1) is 11.9. The molecule has 2 heterocycles. The lowest BCUT2D eigenvalue weighted by Gasteiger charge is -2.05. The summed E-state index contributed by atoms with van der Waals surface area (Å²) in [5, 5.41) is 14.1.